The third kappa shape index (κ3) is 2.81. The van der Waals surface area contributed by atoms with Crippen molar-refractivity contribution >= 4 is 29.1 Å². The van der Waals surface area contributed by atoms with E-state index in [0.717, 1.165) is 18.1 Å². The third-order valence-corrected chi connectivity index (χ3v) is 4.30. The Labute approximate surface area is 114 Å². The summed E-state index contributed by atoms with van der Waals surface area (Å²) in [4.78, 5) is 23.4. The lowest BCUT2D eigenvalue weighted by molar-refractivity contribution is -0.385. The fourth-order valence-electron chi connectivity index (χ4n) is 2.14. The van der Waals surface area contributed by atoms with Crippen LogP contribution >= 0.6 is 11.8 Å². The number of carboxylic acids is 1. The van der Waals surface area contributed by atoms with Gasteiger partial charge in [0.05, 0.1) is 4.92 Å². The Kier molecular flexibility index (Phi) is 3.94. The molecule has 1 aromatic rings. The largest absolute Gasteiger partial charge is 0.477 e. The Morgan fingerprint density at radius 2 is 2.32 bits per heavy atom. The van der Waals surface area contributed by atoms with Crippen LogP contribution in [0, 0.1) is 10.1 Å². The van der Waals surface area contributed by atoms with Gasteiger partial charge in [-0.3, -0.25) is 10.1 Å². The van der Waals surface area contributed by atoms with Crippen LogP contribution in [0.2, 0.25) is 0 Å². The molecule has 102 valence electrons. The second kappa shape index (κ2) is 5.48. The summed E-state index contributed by atoms with van der Waals surface area (Å²) in [5, 5.41) is 19.9. The second-order valence-electron chi connectivity index (χ2n) is 4.38. The van der Waals surface area contributed by atoms with E-state index in [2.05, 4.69) is 11.8 Å². The summed E-state index contributed by atoms with van der Waals surface area (Å²) in [6, 6.07) is 4.59. The fourth-order valence-corrected chi connectivity index (χ4v) is 3.15. The Morgan fingerprint density at radius 1 is 1.58 bits per heavy atom. The molecule has 7 heteroatoms. The van der Waals surface area contributed by atoms with Crippen molar-refractivity contribution in [2.75, 3.05) is 23.0 Å². The quantitative estimate of drug-likeness (QED) is 0.676. The van der Waals surface area contributed by atoms with E-state index < -0.39 is 10.9 Å². The maximum atomic E-state index is 11.0. The highest BCUT2D eigenvalue weighted by Crippen LogP contribution is 2.29. The molecule has 1 unspecified atom stereocenters. The van der Waals surface area contributed by atoms with Gasteiger partial charge in [-0.15, -0.1) is 0 Å². The van der Waals surface area contributed by atoms with Crippen LogP contribution in [0.1, 0.15) is 17.3 Å². The smallest absolute Gasteiger partial charge is 0.342 e. The molecule has 1 aliphatic rings. The van der Waals surface area contributed by atoms with Gasteiger partial charge in [-0.1, -0.05) is 0 Å². The van der Waals surface area contributed by atoms with Gasteiger partial charge in [-0.2, -0.15) is 11.8 Å². The topological polar surface area (TPSA) is 83.7 Å². The highest BCUT2D eigenvalue weighted by molar-refractivity contribution is 7.99. The molecule has 1 fully saturated rings. The number of thioether (sulfide) groups is 1. The standard InChI is InChI=1S/C12H14N2O4S/c1-8-7-19-5-4-13(8)9-2-3-10(12(15)16)11(6-9)14(17)18/h2-3,6,8H,4-5,7H2,1H3,(H,15,16). The zero-order valence-electron chi connectivity index (χ0n) is 10.4. The number of aromatic carboxylic acids is 1. The van der Waals surface area contributed by atoms with Gasteiger partial charge in [0.15, 0.2) is 0 Å². The number of rotatable bonds is 3. The van der Waals surface area contributed by atoms with Crippen LogP contribution in [0.25, 0.3) is 0 Å². The van der Waals surface area contributed by atoms with E-state index >= 15 is 0 Å². The molecule has 0 bridgehead atoms. The molecule has 0 aliphatic carbocycles. The van der Waals surface area contributed by atoms with Crippen LogP contribution < -0.4 is 4.90 Å². The minimum absolute atomic E-state index is 0.271. The number of nitro benzene ring substituents is 1. The van der Waals surface area contributed by atoms with Crippen LogP contribution in [0.4, 0.5) is 11.4 Å². The second-order valence-corrected chi connectivity index (χ2v) is 5.53. The molecule has 0 spiro atoms. The SMILES string of the molecule is CC1CSCCN1c1ccc(C(=O)O)c([N+](=O)[O-])c1. The van der Waals surface area contributed by atoms with Crippen molar-refractivity contribution in [2.45, 2.75) is 13.0 Å². The number of benzene rings is 1. The van der Waals surface area contributed by atoms with E-state index in [4.69, 9.17) is 5.11 Å². The molecule has 1 saturated heterocycles. The first kappa shape index (κ1) is 13.7. The van der Waals surface area contributed by atoms with E-state index in [-0.39, 0.29) is 17.3 Å². The van der Waals surface area contributed by atoms with Gasteiger partial charge in [-0.25, -0.2) is 4.79 Å². The van der Waals surface area contributed by atoms with Crippen molar-refractivity contribution in [1.82, 2.24) is 0 Å². The first-order valence-corrected chi connectivity index (χ1v) is 7.02. The molecule has 2 rings (SSSR count). The monoisotopic (exact) mass is 282 g/mol. The fraction of sp³-hybridized carbons (Fsp3) is 0.417. The molecule has 1 atom stereocenters. The number of nitro groups is 1. The zero-order chi connectivity index (χ0) is 14.0. The first-order chi connectivity index (χ1) is 9.00. The van der Waals surface area contributed by atoms with Gasteiger partial charge in [-0.05, 0) is 19.1 Å². The number of hydrogen-bond acceptors (Lipinski definition) is 5. The molecule has 1 N–H and O–H groups in total. The van der Waals surface area contributed by atoms with Crippen molar-refractivity contribution in [3.63, 3.8) is 0 Å². The molecule has 6 nitrogen and oxygen atoms in total. The van der Waals surface area contributed by atoms with Crippen LogP contribution in [0.5, 0.6) is 0 Å². The van der Waals surface area contributed by atoms with Gasteiger partial charge in [0.2, 0.25) is 0 Å². The van der Waals surface area contributed by atoms with Crippen LogP contribution in [0.15, 0.2) is 18.2 Å². The lowest BCUT2D eigenvalue weighted by atomic mass is 10.1. The lowest BCUT2D eigenvalue weighted by Gasteiger charge is -2.34. The molecule has 1 heterocycles. The van der Waals surface area contributed by atoms with Crippen LogP contribution in [0.3, 0.4) is 0 Å². The predicted octanol–water partition coefficient (Wildman–Crippen LogP) is 2.23. The average molecular weight is 282 g/mol. The maximum Gasteiger partial charge on any atom is 0.342 e. The van der Waals surface area contributed by atoms with Gasteiger partial charge < -0.3 is 10.0 Å². The van der Waals surface area contributed by atoms with Crippen molar-refractivity contribution in [1.29, 1.82) is 0 Å². The number of nitrogens with zero attached hydrogens (tertiary/aromatic N) is 2. The molecule has 0 saturated carbocycles. The summed E-state index contributed by atoms with van der Waals surface area (Å²) < 4.78 is 0. The van der Waals surface area contributed by atoms with Crippen molar-refractivity contribution < 1.29 is 14.8 Å². The van der Waals surface area contributed by atoms with Gasteiger partial charge in [0.25, 0.3) is 5.69 Å². The van der Waals surface area contributed by atoms with E-state index in [1.807, 2.05) is 11.8 Å². The molecule has 1 aliphatic heterocycles. The molecule has 0 radical (unpaired) electrons. The highest BCUT2D eigenvalue weighted by atomic mass is 32.2. The number of anilines is 1. The normalized spacial score (nSPS) is 19.2. The minimum atomic E-state index is -1.28. The van der Waals surface area contributed by atoms with E-state index in [1.54, 1.807) is 6.07 Å². The Bertz CT molecular complexity index is 520. The van der Waals surface area contributed by atoms with Crippen molar-refractivity contribution in [3.8, 4) is 0 Å². The number of hydrogen-bond donors (Lipinski definition) is 1. The third-order valence-electron chi connectivity index (χ3n) is 3.11. The van der Waals surface area contributed by atoms with Crippen molar-refractivity contribution in [2.24, 2.45) is 0 Å². The molecule has 0 amide bonds. The average Bonchev–Trinajstić information content (AvgIpc) is 2.38. The van der Waals surface area contributed by atoms with E-state index in [9.17, 15) is 14.9 Å². The Balaban J connectivity index is 2.40. The number of carbonyl (C=O) groups is 1. The number of carboxylic acid groups (broad SMARTS) is 1. The molecular weight excluding hydrogens is 268 g/mol. The molecular formula is C12H14N2O4S. The molecule has 0 aromatic heterocycles. The Morgan fingerprint density at radius 3 is 2.89 bits per heavy atom. The van der Waals surface area contributed by atoms with Gasteiger partial charge in [0.1, 0.15) is 5.56 Å². The van der Waals surface area contributed by atoms with Crippen LogP contribution in [-0.4, -0.2) is 40.1 Å². The molecule has 1 aromatic carbocycles. The Hall–Kier alpha value is -1.76. The summed E-state index contributed by atoms with van der Waals surface area (Å²) in [5.41, 5.74) is 0.0905. The van der Waals surface area contributed by atoms with Gasteiger partial charge in [0, 0.05) is 35.8 Å². The summed E-state index contributed by atoms with van der Waals surface area (Å²) >= 11 is 1.85. The predicted molar refractivity (Wildman–Crippen MR) is 74.2 cm³/mol. The molecule has 19 heavy (non-hydrogen) atoms. The summed E-state index contributed by atoms with van der Waals surface area (Å²) in [6.07, 6.45) is 0. The van der Waals surface area contributed by atoms with Crippen LogP contribution in [-0.2, 0) is 0 Å². The lowest BCUT2D eigenvalue weighted by Crippen LogP contribution is -2.40. The summed E-state index contributed by atoms with van der Waals surface area (Å²) in [7, 11) is 0. The van der Waals surface area contributed by atoms with Crippen molar-refractivity contribution in [3.05, 3.63) is 33.9 Å². The summed E-state index contributed by atoms with van der Waals surface area (Å²) in [6.45, 7) is 2.87. The minimum Gasteiger partial charge on any atom is -0.477 e. The zero-order valence-corrected chi connectivity index (χ0v) is 11.2. The van der Waals surface area contributed by atoms with E-state index in [1.165, 1.54) is 12.1 Å². The summed E-state index contributed by atoms with van der Waals surface area (Å²) in [5.74, 6) is 0.660. The first-order valence-electron chi connectivity index (χ1n) is 5.87. The maximum absolute atomic E-state index is 11.0. The van der Waals surface area contributed by atoms with E-state index in [0.29, 0.717) is 5.69 Å². The highest BCUT2D eigenvalue weighted by Gasteiger charge is 2.24. The van der Waals surface area contributed by atoms with Gasteiger partial charge >= 0.3 is 5.97 Å².